The number of esters is 1. The van der Waals surface area contributed by atoms with Gasteiger partial charge in [-0.05, 0) is 22.9 Å². The van der Waals surface area contributed by atoms with Crippen LogP contribution in [0.1, 0.15) is 10.4 Å². The first kappa shape index (κ1) is 26.8. The number of carbonyl (C=O) groups is 1. The van der Waals surface area contributed by atoms with Gasteiger partial charge in [0.25, 0.3) is 0 Å². The molecule has 2 aromatic carbocycles. The summed E-state index contributed by atoms with van der Waals surface area (Å²) in [7, 11) is 0. The fourth-order valence-corrected chi connectivity index (χ4v) is 4.30. The highest BCUT2D eigenvalue weighted by Gasteiger charge is 2.65. The molecule has 2 aliphatic rings. The third kappa shape index (κ3) is 4.49. The summed E-state index contributed by atoms with van der Waals surface area (Å²) < 4.78 is 21.6. The molecule has 8 N–H and O–H groups in total. The highest BCUT2D eigenvalue weighted by Crippen LogP contribution is 2.42. The Morgan fingerprint density at radius 1 is 0.806 bits per heavy atom. The Labute approximate surface area is 204 Å². The van der Waals surface area contributed by atoms with Gasteiger partial charge in [-0.25, -0.2) is 4.79 Å². The van der Waals surface area contributed by atoms with E-state index in [1.165, 1.54) is 12.1 Å². The molecule has 9 atom stereocenters. The first-order valence-corrected chi connectivity index (χ1v) is 11.1. The predicted molar refractivity (Wildman–Crippen MR) is 117 cm³/mol. The van der Waals surface area contributed by atoms with Crippen molar-refractivity contribution in [3.8, 4) is 0 Å². The molecule has 4 rings (SSSR count). The van der Waals surface area contributed by atoms with Crippen molar-refractivity contribution < 1.29 is 64.6 Å². The van der Waals surface area contributed by atoms with Crippen molar-refractivity contribution in [2.45, 2.75) is 54.5 Å². The van der Waals surface area contributed by atoms with E-state index in [0.29, 0.717) is 5.39 Å². The number of hydrogen-bond acceptors (Lipinski definition) is 13. The van der Waals surface area contributed by atoms with Crippen molar-refractivity contribution in [2.75, 3.05) is 19.8 Å². The van der Waals surface area contributed by atoms with Crippen LogP contribution in [0.25, 0.3) is 10.8 Å². The predicted octanol–water partition coefficient (Wildman–Crippen LogP) is -3.06. The Hall–Kier alpha value is -2.27. The molecule has 36 heavy (non-hydrogen) atoms. The number of benzene rings is 2. The molecule has 2 fully saturated rings. The van der Waals surface area contributed by atoms with Gasteiger partial charge in [-0.1, -0.05) is 30.3 Å². The van der Waals surface area contributed by atoms with Crippen molar-refractivity contribution in [3.05, 3.63) is 48.0 Å². The molecule has 13 nitrogen and oxygen atoms in total. The molecule has 0 aliphatic carbocycles. The van der Waals surface area contributed by atoms with Gasteiger partial charge in [0.05, 0.1) is 18.8 Å². The molecule has 2 saturated heterocycles. The van der Waals surface area contributed by atoms with Gasteiger partial charge in [0.2, 0.25) is 5.79 Å². The fourth-order valence-electron chi connectivity index (χ4n) is 4.30. The third-order valence-corrected chi connectivity index (χ3v) is 6.35. The highest BCUT2D eigenvalue weighted by atomic mass is 16.9. The number of carbonyl (C=O) groups excluding carboxylic acids is 1. The van der Waals surface area contributed by atoms with Crippen molar-refractivity contribution in [1.82, 2.24) is 0 Å². The lowest BCUT2D eigenvalue weighted by Gasteiger charge is -2.49. The smallest absolute Gasteiger partial charge is 0.362 e. The quantitative estimate of drug-likeness (QED) is 0.137. The zero-order valence-corrected chi connectivity index (χ0v) is 18.8. The minimum Gasteiger partial charge on any atom is -0.402 e. The van der Waals surface area contributed by atoms with Crippen LogP contribution < -0.4 is 0 Å². The van der Waals surface area contributed by atoms with E-state index in [1.807, 2.05) is 0 Å². The van der Waals surface area contributed by atoms with Crippen molar-refractivity contribution in [2.24, 2.45) is 0 Å². The summed E-state index contributed by atoms with van der Waals surface area (Å²) in [5.74, 6) is -6.85. The van der Waals surface area contributed by atoms with Crippen LogP contribution in [0, 0.1) is 0 Å². The average molecular weight is 512 g/mol. The van der Waals surface area contributed by atoms with E-state index >= 15 is 0 Å². The Morgan fingerprint density at radius 3 is 2.06 bits per heavy atom. The summed E-state index contributed by atoms with van der Waals surface area (Å²) >= 11 is 0. The van der Waals surface area contributed by atoms with Crippen LogP contribution in [-0.4, -0.2) is 121 Å². The molecule has 13 heteroatoms. The van der Waals surface area contributed by atoms with Crippen LogP contribution in [0.15, 0.2) is 42.5 Å². The van der Waals surface area contributed by atoms with E-state index in [9.17, 15) is 45.6 Å². The van der Waals surface area contributed by atoms with Gasteiger partial charge in [-0.3, -0.25) is 4.74 Å². The Balaban J connectivity index is 1.74. The van der Waals surface area contributed by atoms with Gasteiger partial charge < -0.3 is 55.1 Å². The third-order valence-electron chi connectivity index (χ3n) is 6.35. The molecule has 2 aliphatic heterocycles. The van der Waals surface area contributed by atoms with Gasteiger partial charge in [-0.15, -0.1) is 0 Å². The molecular formula is C23H28O13. The normalized spacial score (nSPS) is 38.8. The first-order chi connectivity index (χ1) is 17.1. The monoisotopic (exact) mass is 512 g/mol. The summed E-state index contributed by atoms with van der Waals surface area (Å²) in [6.07, 6.45) is -13.3. The molecule has 0 aromatic heterocycles. The molecule has 2 aromatic rings. The second-order valence-electron chi connectivity index (χ2n) is 8.67. The second-order valence-corrected chi connectivity index (χ2v) is 8.67. The highest BCUT2D eigenvalue weighted by molar-refractivity contribution is 5.95. The maximum absolute atomic E-state index is 13.2. The molecule has 1 unspecified atom stereocenters. The van der Waals surface area contributed by atoms with E-state index in [2.05, 4.69) is 0 Å². The van der Waals surface area contributed by atoms with Crippen molar-refractivity contribution in [1.29, 1.82) is 0 Å². The number of fused-ring (bicyclic) bond motifs is 1. The second kappa shape index (κ2) is 10.2. The van der Waals surface area contributed by atoms with E-state index < -0.39 is 80.3 Å². The first-order valence-electron chi connectivity index (χ1n) is 11.1. The SMILES string of the molecule is O=C(O[C@@]1(OC2(CO)O[C@H](CO)[C@@H](O)[C@@H]2O)O[C@H](CO)[C@@H](O)[C@H](O)[C@H]1O)c1ccc2ccccc2c1. The van der Waals surface area contributed by atoms with Crippen molar-refractivity contribution in [3.63, 3.8) is 0 Å². The zero-order valence-electron chi connectivity index (χ0n) is 18.8. The van der Waals surface area contributed by atoms with Gasteiger partial charge in [0.15, 0.2) is 6.10 Å². The summed E-state index contributed by atoms with van der Waals surface area (Å²) in [4.78, 5) is 13.2. The Bertz CT molecular complexity index is 1080. The van der Waals surface area contributed by atoms with Gasteiger partial charge in [0.1, 0.15) is 43.2 Å². The lowest BCUT2D eigenvalue weighted by molar-refractivity contribution is -0.496. The number of ether oxygens (including phenoxy) is 4. The lowest BCUT2D eigenvalue weighted by Crippen LogP contribution is -2.70. The molecular weight excluding hydrogens is 484 g/mol. The maximum atomic E-state index is 13.2. The van der Waals surface area contributed by atoms with Crippen LogP contribution in [-0.2, 0) is 18.9 Å². The number of aliphatic hydroxyl groups is 8. The molecule has 0 bridgehead atoms. The van der Waals surface area contributed by atoms with Gasteiger partial charge in [-0.2, -0.15) is 0 Å². The number of aliphatic hydroxyl groups excluding tert-OH is 8. The largest absolute Gasteiger partial charge is 0.402 e. The number of hydrogen-bond donors (Lipinski definition) is 8. The molecule has 0 amide bonds. The molecule has 198 valence electrons. The molecule has 0 spiro atoms. The molecule has 0 radical (unpaired) electrons. The lowest BCUT2D eigenvalue weighted by atomic mass is 9.97. The molecule has 2 heterocycles. The Morgan fingerprint density at radius 2 is 1.44 bits per heavy atom. The van der Waals surface area contributed by atoms with E-state index in [4.69, 9.17) is 18.9 Å². The van der Waals surface area contributed by atoms with E-state index in [1.54, 1.807) is 30.3 Å². The van der Waals surface area contributed by atoms with Gasteiger partial charge in [0, 0.05) is 0 Å². The van der Waals surface area contributed by atoms with Gasteiger partial charge >= 0.3 is 11.9 Å². The number of rotatable bonds is 7. The topological polar surface area (TPSA) is 216 Å². The minimum atomic E-state index is -3.07. The standard InChI is InChI=1S/C23H28O13/c24-8-14-16(27)18(29)20(31)23(34-14,36-22(10-26)19(30)17(28)15(9-25)33-22)35-21(32)13-6-5-11-3-1-2-4-12(11)7-13/h1-7,14-20,24-31H,8-10H2/t14-,15-,16-,17-,18+,19+,20-,22?,23+/m1/s1. The summed E-state index contributed by atoms with van der Waals surface area (Å²) in [6.45, 7) is -2.94. The maximum Gasteiger partial charge on any atom is 0.362 e. The van der Waals surface area contributed by atoms with Crippen LogP contribution >= 0.6 is 0 Å². The minimum absolute atomic E-state index is 0.0483. The van der Waals surface area contributed by atoms with Crippen molar-refractivity contribution >= 4 is 16.7 Å². The van der Waals surface area contributed by atoms with E-state index in [0.717, 1.165) is 5.39 Å². The summed E-state index contributed by atoms with van der Waals surface area (Å²) in [5.41, 5.74) is -0.0483. The fraction of sp³-hybridized carbons (Fsp3) is 0.522. The molecule has 0 saturated carbocycles. The van der Waals surface area contributed by atoms with Crippen LogP contribution in [0.5, 0.6) is 0 Å². The zero-order chi connectivity index (χ0) is 26.3. The summed E-state index contributed by atoms with van der Waals surface area (Å²) in [5, 5.41) is 82.7. The van der Waals surface area contributed by atoms with Crippen LogP contribution in [0.3, 0.4) is 0 Å². The average Bonchev–Trinajstić information content (AvgIpc) is 3.14. The van der Waals surface area contributed by atoms with Crippen LogP contribution in [0.2, 0.25) is 0 Å². The Kier molecular flexibility index (Phi) is 7.62. The van der Waals surface area contributed by atoms with E-state index in [-0.39, 0.29) is 5.56 Å². The van der Waals surface area contributed by atoms with Crippen LogP contribution in [0.4, 0.5) is 0 Å². The summed E-state index contributed by atoms with van der Waals surface area (Å²) in [6, 6.07) is 11.6.